The minimum absolute atomic E-state index is 0.0260. The summed E-state index contributed by atoms with van der Waals surface area (Å²) < 4.78 is 5.52. The van der Waals surface area contributed by atoms with Crippen molar-refractivity contribution in [1.82, 2.24) is 5.32 Å². The Labute approximate surface area is 508 Å². The van der Waals surface area contributed by atoms with Crippen LogP contribution in [0.25, 0.3) is 0 Å². The summed E-state index contributed by atoms with van der Waals surface area (Å²) in [5, 5.41) is 23.2. The summed E-state index contributed by atoms with van der Waals surface area (Å²) in [5.74, 6) is -0.00466. The lowest BCUT2D eigenvalue weighted by atomic mass is 10.0. The number of esters is 1. The van der Waals surface area contributed by atoms with Crippen molar-refractivity contribution in [3.63, 3.8) is 0 Å². The Balaban J connectivity index is 3.29. The van der Waals surface area contributed by atoms with Gasteiger partial charge in [-0.15, -0.1) is 0 Å². The molecule has 0 radical (unpaired) electrons. The van der Waals surface area contributed by atoms with Crippen molar-refractivity contribution >= 4 is 11.9 Å². The lowest BCUT2D eigenvalue weighted by molar-refractivity contribution is -0.143. The van der Waals surface area contributed by atoms with Gasteiger partial charge in [-0.25, -0.2) is 0 Å². The first-order chi connectivity index (χ1) is 40.0. The Bertz CT molecular complexity index is 1220. The van der Waals surface area contributed by atoms with E-state index in [2.05, 4.69) is 31.3 Å². The smallest absolute Gasteiger partial charge is 0.305 e. The molecule has 0 saturated heterocycles. The number of ether oxygens (including phenoxy) is 1. The van der Waals surface area contributed by atoms with E-state index < -0.39 is 12.1 Å². The molecule has 0 saturated carbocycles. The highest BCUT2D eigenvalue weighted by Gasteiger charge is 2.20. The Morgan fingerprint density at radius 1 is 0.333 bits per heavy atom. The first-order valence-electron chi connectivity index (χ1n) is 37.4. The normalized spacial score (nSPS) is 12.5. The molecule has 0 aromatic heterocycles. The van der Waals surface area contributed by atoms with E-state index in [-0.39, 0.29) is 18.5 Å². The van der Waals surface area contributed by atoms with Gasteiger partial charge in [-0.1, -0.05) is 379 Å². The predicted molar refractivity (Wildman–Crippen MR) is 357 cm³/mol. The minimum atomic E-state index is -0.659. The second kappa shape index (κ2) is 71.1. The average Bonchev–Trinajstić information content (AvgIpc) is 3.47. The van der Waals surface area contributed by atoms with Crippen LogP contribution >= 0.6 is 0 Å². The number of amides is 1. The second-order valence-corrected chi connectivity index (χ2v) is 26.0. The highest BCUT2D eigenvalue weighted by Crippen LogP contribution is 2.20. The average molecular weight is 1140 g/mol. The van der Waals surface area contributed by atoms with Gasteiger partial charge in [0, 0.05) is 12.8 Å². The number of rotatable bonds is 71. The molecular formula is C75H147NO5. The fourth-order valence-corrected chi connectivity index (χ4v) is 12.1. The molecule has 0 aromatic rings. The molecule has 0 heterocycles. The van der Waals surface area contributed by atoms with E-state index in [0.717, 1.165) is 38.5 Å². The van der Waals surface area contributed by atoms with Crippen LogP contribution in [0.1, 0.15) is 431 Å². The van der Waals surface area contributed by atoms with Crippen LogP contribution in [0.4, 0.5) is 0 Å². The number of allylic oxidation sites excluding steroid dienone is 2. The summed E-state index contributed by atoms with van der Waals surface area (Å²) in [5.41, 5.74) is 0. The van der Waals surface area contributed by atoms with Gasteiger partial charge in [0.15, 0.2) is 0 Å². The van der Waals surface area contributed by atoms with Crippen molar-refractivity contribution < 1.29 is 24.5 Å². The fourth-order valence-electron chi connectivity index (χ4n) is 12.1. The molecule has 0 aromatic carbocycles. The summed E-state index contributed by atoms with van der Waals surface area (Å²) >= 11 is 0. The van der Waals surface area contributed by atoms with Gasteiger partial charge >= 0.3 is 5.97 Å². The number of aliphatic hydroxyl groups excluding tert-OH is 2. The molecule has 0 aliphatic carbocycles. The number of aliphatic hydroxyl groups is 2. The first-order valence-corrected chi connectivity index (χ1v) is 37.4. The van der Waals surface area contributed by atoms with Crippen molar-refractivity contribution in [1.29, 1.82) is 0 Å². The van der Waals surface area contributed by atoms with Crippen molar-refractivity contribution in [2.45, 2.75) is 443 Å². The van der Waals surface area contributed by atoms with Gasteiger partial charge in [0.05, 0.1) is 25.4 Å². The molecule has 0 aliphatic heterocycles. The molecule has 0 spiro atoms. The van der Waals surface area contributed by atoms with E-state index in [0.29, 0.717) is 25.9 Å². The molecule has 0 bridgehead atoms. The van der Waals surface area contributed by atoms with Crippen molar-refractivity contribution in [2.75, 3.05) is 13.2 Å². The summed E-state index contributed by atoms with van der Waals surface area (Å²) in [6, 6.07) is -0.536. The topological polar surface area (TPSA) is 95.9 Å². The molecule has 2 unspecified atom stereocenters. The molecule has 0 aliphatic rings. The maximum Gasteiger partial charge on any atom is 0.305 e. The van der Waals surface area contributed by atoms with E-state index in [1.165, 1.54) is 360 Å². The molecule has 3 N–H and O–H groups in total. The van der Waals surface area contributed by atoms with Crippen LogP contribution < -0.4 is 5.32 Å². The lowest BCUT2D eigenvalue weighted by Crippen LogP contribution is -2.45. The summed E-state index contributed by atoms with van der Waals surface area (Å²) in [7, 11) is 0. The van der Waals surface area contributed by atoms with Crippen LogP contribution in [0.15, 0.2) is 12.2 Å². The SMILES string of the molecule is CCCCCCCCCCCCCCCCCCCCCC(=O)OCCCCCCCCCCCCCCCC/C=C\CCCCCCCCCCCCCCCCCCCC(=O)NC(CO)C(O)CCCCCCCCCCCC. The van der Waals surface area contributed by atoms with Gasteiger partial charge in [-0.2, -0.15) is 0 Å². The maximum atomic E-state index is 12.5. The van der Waals surface area contributed by atoms with Gasteiger partial charge in [0.2, 0.25) is 5.91 Å². The summed E-state index contributed by atoms with van der Waals surface area (Å²) in [4.78, 5) is 24.6. The number of carbonyl (C=O) groups excluding carboxylic acids is 2. The Kier molecular flexibility index (Phi) is 69.9. The summed E-state index contributed by atoms with van der Waals surface area (Å²) in [6.07, 6.45) is 88.8. The zero-order valence-corrected chi connectivity index (χ0v) is 55.3. The molecule has 0 rings (SSSR count). The molecule has 6 nitrogen and oxygen atoms in total. The summed E-state index contributed by atoms with van der Waals surface area (Å²) in [6.45, 7) is 4.99. The third-order valence-corrected chi connectivity index (χ3v) is 17.8. The van der Waals surface area contributed by atoms with E-state index >= 15 is 0 Å². The highest BCUT2D eigenvalue weighted by molar-refractivity contribution is 5.76. The van der Waals surface area contributed by atoms with E-state index in [4.69, 9.17) is 4.74 Å². The molecular weight excluding hydrogens is 995 g/mol. The number of hydrogen-bond donors (Lipinski definition) is 3. The highest BCUT2D eigenvalue weighted by atomic mass is 16.5. The van der Waals surface area contributed by atoms with Gasteiger partial charge in [-0.05, 0) is 51.4 Å². The molecule has 1 amide bonds. The third-order valence-electron chi connectivity index (χ3n) is 17.8. The number of hydrogen-bond acceptors (Lipinski definition) is 5. The van der Waals surface area contributed by atoms with Crippen molar-refractivity contribution in [3.05, 3.63) is 12.2 Å². The monoisotopic (exact) mass is 1140 g/mol. The van der Waals surface area contributed by atoms with Crippen LogP contribution in [-0.4, -0.2) is 47.4 Å². The van der Waals surface area contributed by atoms with Crippen molar-refractivity contribution in [3.8, 4) is 0 Å². The number of carbonyl (C=O) groups is 2. The number of unbranched alkanes of at least 4 members (excludes halogenated alkanes) is 58. The largest absolute Gasteiger partial charge is 0.466 e. The van der Waals surface area contributed by atoms with Gasteiger partial charge in [0.1, 0.15) is 0 Å². The Morgan fingerprint density at radius 2 is 0.580 bits per heavy atom. The minimum Gasteiger partial charge on any atom is -0.466 e. The molecule has 6 heteroatoms. The first kappa shape index (κ1) is 79.6. The zero-order chi connectivity index (χ0) is 58.5. The fraction of sp³-hybridized carbons (Fsp3) is 0.947. The van der Waals surface area contributed by atoms with Crippen LogP contribution in [0.2, 0.25) is 0 Å². The maximum absolute atomic E-state index is 12.5. The van der Waals surface area contributed by atoms with E-state index in [9.17, 15) is 19.8 Å². The Hall–Kier alpha value is -1.40. The third kappa shape index (κ3) is 67.6. The molecule has 81 heavy (non-hydrogen) atoms. The van der Waals surface area contributed by atoms with Crippen LogP contribution in [-0.2, 0) is 14.3 Å². The predicted octanol–water partition coefficient (Wildman–Crippen LogP) is 24.3. The van der Waals surface area contributed by atoms with Crippen LogP contribution in [0.5, 0.6) is 0 Å². The number of nitrogens with one attached hydrogen (secondary N) is 1. The quantitative estimate of drug-likeness (QED) is 0.0320. The van der Waals surface area contributed by atoms with E-state index in [1.807, 2.05) is 0 Å². The van der Waals surface area contributed by atoms with Crippen LogP contribution in [0.3, 0.4) is 0 Å². The standard InChI is InChI=1S/C75H147NO5/c1-3-5-7-9-11-13-15-16-17-18-36-40-43-46-49-53-57-61-65-69-75(80)81-70-66-62-58-54-50-47-44-41-38-35-33-31-29-27-25-23-21-19-20-22-24-26-28-30-32-34-37-39-42-45-48-52-56-60-64-68-74(79)76-72(71-77)73(78)67-63-59-55-51-14-12-10-8-6-4-2/h21,23,72-73,77-78H,3-20,22,24-71H2,1-2H3,(H,76,79)/b23-21-. The van der Waals surface area contributed by atoms with E-state index in [1.54, 1.807) is 0 Å². The second-order valence-electron chi connectivity index (χ2n) is 26.0. The molecule has 482 valence electrons. The van der Waals surface area contributed by atoms with Gasteiger partial charge in [-0.3, -0.25) is 9.59 Å². The van der Waals surface area contributed by atoms with Gasteiger partial charge < -0.3 is 20.3 Å². The van der Waals surface area contributed by atoms with Crippen molar-refractivity contribution in [2.24, 2.45) is 0 Å². The molecule has 0 fully saturated rings. The van der Waals surface area contributed by atoms with Gasteiger partial charge in [0.25, 0.3) is 0 Å². The Morgan fingerprint density at radius 3 is 0.877 bits per heavy atom. The lowest BCUT2D eigenvalue weighted by Gasteiger charge is -2.22. The molecule has 2 atom stereocenters. The van der Waals surface area contributed by atoms with Crippen LogP contribution in [0, 0.1) is 0 Å². The zero-order valence-electron chi connectivity index (χ0n) is 55.3.